The van der Waals surface area contributed by atoms with Crippen LogP contribution in [0.15, 0.2) is 0 Å². The third-order valence-electron chi connectivity index (χ3n) is 4.00. The van der Waals surface area contributed by atoms with Crippen molar-refractivity contribution in [2.24, 2.45) is 0 Å². The molecule has 0 bridgehead atoms. The average Bonchev–Trinajstić information content (AvgIpc) is 2.58. The molecule has 14 heteroatoms. The summed E-state index contributed by atoms with van der Waals surface area (Å²) in [5.74, 6) is 0. The van der Waals surface area contributed by atoms with Gasteiger partial charge in [0.2, 0.25) is 0 Å². The van der Waals surface area contributed by atoms with Crippen LogP contribution in [0.4, 0.5) is 0 Å². The van der Waals surface area contributed by atoms with Crippen molar-refractivity contribution in [2.75, 3.05) is 13.2 Å². The van der Waals surface area contributed by atoms with Crippen molar-refractivity contribution in [3.05, 3.63) is 0 Å². The van der Waals surface area contributed by atoms with E-state index in [1.165, 1.54) is 0 Å². The number of aliphatic hydroxyl groups excluding tert-OH is 9. The van der Waals surface area contributed by atoms with Gasteiger partial charge in [-0.3, -0.25) is 0 Å². The highest BCUT2D eigenvalue weighted by Crippen LogP contribution is 2.20. The molecule has 14 nitrogen and oxygen atoms in total. The highest BCUT2D eigenvalue weighted by molar-refractivity contribution is 4.90. The quantitative estimate of drug-likeness (QED) is 0.205. The Bertz CT molecular complexity index is 329. The first-order valence-electron chi connectivity index (χ1n) is 7.44. The third-order valence-corrected chi connectivity index (χ3v) is 4.00. The fourth-order valence-electron chi connectivity index (χ4n) is 2.37. The molecule has 10 atom stereocenters. The average molecular weight is 412 g/mol. The summed E-state index contributed by atoms with van der Waals surface area (Å²) in [6.45, 7) is 0.680. The predicted molar refractivity (Wildman–Crippen MR) is 86.3 cm³/mol. The van der Waals surface area contributed by atoms with Gasteiger partial charge in [0.25, 0.3) is 0 Å². The molecule has 2 rings (SSSR count). The normalized spacial score (nSPS) is 43.8. The standard InChI is InChI=1S/C7H14O5.C6H12O6.3H2O/c1-3-5(9)7(11)6(10)4(2-8)12-3;7-1-2-3(8)4(9)5(10)6(11)12-2;;;/h3-11H,2H2,1H3;2-11H,1H2;3*1H2/t3?,4-,5+,6-,7-;2-,3-,4+,5-,6+;;;/m11.../s1. The van der Waals surface area contributed by atoms with E-state index in [4.69, 9.17) is 35.4 Å². The first kappa shape index (κ1) is 31.1. The van der Waals surface area contributed by atoms with Gasteiger partial charge in [0.1, 0.15) is 48.8 Å². The van der Waals surface area contributed by atoms with E-state index < -0.39 is 67.8 Å². The van der Waals surface area contributed by atoms with Crippen LogP contribution in [0.5, 0.6) is 0 Å². The lowest BCUT2D eigenvalue weighted by Gasteiger charge is -2.38. The Morgan fingerprint density at radius 3 is 1.33 bits per heavy atom. The zero-order chi connectivity index (χ0) is 18.6. The van der Waals surface area contributed by atoms with E-state index in [0.29, 0.717) is 0 Å². The Balaban J connectivity index is -0.000000384. The Hall–Kier alpha value is -0.560. The van der Waals surface area contributed by atoms with Crippen molar-refractivity contribution >= 4 is 0 Å². The molecule has 2 saturated heterocycles. The number of aliphatic hydroxyl groups is 9. The maximum atomic E-state index is 9.23. The highest BCUT2D eigenvalue weighted by atomic mass is 16.6. The Kier molecular flexibility index (Phi) is 15.7. The molecular formula is C13H32O14. The van der Waals surface area contributed by atoms with E-state index >= 15 is 0 Å². The predicted octanol–water partition coefficient (Wildman–Crippen LogP) is -7.85. The third kappa shape index (κ3) is 7.41. The van der Waals surface area contributed by atoms with Crippen molar-refractivity contribution in [1.29, 1.82) is 0 Å². The van der Waals surface area contributed by atoms with Gasteiger partial charge in [-0.25, -0.2) is 0 Å². The van der Waals surface area contributed by atoms with Gasteiger partial charge in [-0.05, 0) is 6.92 Å². The maximum Gasteiger partial charge on any atom is 0.184 e. The van der Waals surface area contributed by atoms with Crippen molar-refractivity contribution in [1.82, 2.24) is 0 Å². The zero-order valence-electron chi connectivity index (χ0n) is 14.5. The van der Waals surface area contributed by atoms with Gasteiger partial charge in [0, 0.05) is 0 Å². The summed E-state index contributed by atoms with van der Waals surface area (Å²) in [7, 11) is 0. The second-order valence-corrected chi connectivity index (χ2v) is 5.75. The topological polar surface area (TPSA) is 295 Å². The molecule has 1 unspecified atom stereocenters. The number of ether oxygens (including phenoxy) is 2. The minimum atomic E-state index is -1.57. The van der Waals surface area contributed by atoms with Gasteiger partial charge in [-0.1, -0.05) is 0 Å². The van der Waals surface area contributed by atoms with Crippen LogP contribution in [0.2, 0.25) is 0 Å². The van der Waals surface area contributed by atoms with Gasteiger partial charge in [0.05, 0.1) is 19.3 Å². The molecule has 0 saturated carbocycles. The Labute approximate surface area is 154 Å². The summed E-state index contributed by atoms with van der Waals surface area (Å²) in [6.07, 6.45) is -12.0. The first-order chi connectivity index (χ1) is 11.1. The summed E-state index contributed by atoms with van der Waals surface area (Å²) < 4.78 is 9.60. The molecule has 0 aromatic rings. The van der Waals surface area contributed by atoms with E-state index in [0.717, 1.165) is 0 Å². The zero-order valence-corrected chi connectivity index (χ0v) is 14.5. The largest absolute Gasteiger partial charge is 0.412 e. The van der Waals surface area contributed by atoms with Crippen LogP contribution in [0.3, 0.4) is 0 Å². The lowest BCUT2D eigenvalue weighted by Crippen LogP contribution is -2.58. The fraction of sp³-hybridized carbons (Fsp3) is 1.00. The molecule has 2 aliphatic rings. The minimum absolute atomic E-state index is 0. The molecule has 0 spiro atoms. The van der Waals surface area contributed by atoms with E-state index in [9.17, 15) is 15.3 Å². The van der Waals surface area contributed by atoms with Crippen molar-refractivity contribution < 1.29 is 71.9 Å². The van der Waals surface area contributed by atoms with E-state index in [-0.39, 0.29) is 23.0 Å². The van der Waals surface area contributed by atoms with E-state index in [1.807, 2.05) is 0 Å². The molecule has 0 aromatic carbocycles. The summed E-state index contributed by atoms with van der Waals surface area (Å²) in [5.41, 5.74) is 0. The van der Waals surface area contributed by atoms with Crippen LogP contribution in [-0.4, -0.2) is 137 Å². The van der Waals surface area contributed by atoms with Crippen LogP contribution >= 0.6 is 0 Å². The summed E-state index contributed by atoms with van der Waals surface area (Å²) in [4.78, 5) is 0. The second kappa shape index (κ2) is 13.6. The number of hydrogen-bond acceptors (Lipinski definition) is 11. The van der Waals surface area contributed by atoms with Crippen LogP contribution in [0, 0.1) is 0 Å². The van der Waals surface area contributed by atoms with E-state index in [1.54, 1.807) is 6.92 Å². The molecule has 0 aliphatic carbocycles. The molecule has 15 N–H and O–H groups in total. The lowest BCUT2D eigenvalue weighted by molar-refractivity contribution is -0.286. The fourth-order valence-corrected chi connectivity index (χ4v) is 2.37. The molecule has 2 heterocycles. The highest BCUT2D eigenvalue weighted by Gasteiger charge is 2.42. The molecular weight excluding hydrogens is 380 g/mol. The van der Waals surface area contributed by atoms with Crippen LogP contribution in [0.25, 0.3) is 0 Å². The molecule has 2 fully saturated rings. The number of hydrogen-bond donors (Lipinski definition) is 9. The first-order valence-corrected chi connectivity index (χ1v) is 7.44. The monoisotopic (exact) mass is 412 g/mol. The van der Waals surface area contributed by atoms with Crippen LogP contribution in [-0.2, 0) is 9.47 Å². The van der Waals surface area contributed by atoms with Crippen LogP contribution in [0.1, 0.15) is 6.92 Å². The smallest absolute Gasteiger partial charge is 0.184 e. The lowest BCUT2D eigenvalue weighted by atomic mass is 9.96. The van der Waals surface area contributed by atoms with Crippen molar-refractivity contribution in [2.45, 2.75) is 68.1 Å². The van der Waals surface area contributed by atoms with Crippen LogP contribution < -0.4 is 0 Å². The molecule has 168 valence electrons. The van der Waals surface area contributed by atoms with Gasteiger partial charge in [0.15, 0.2) is 6.29 Å². The molecule has 0 aromatic heterocycles. The SMILES string of the molecule is CC1O[C@H](CO)[C@@H](O)[C@H](O)[C@H]1O.O.O.O.OC[C@H]1O[C@H](O)[C@H](O)[C@@H](O)[C@@H]1O. The molecule has 0 radical (unpaired) electrons. The maximum absolute atomic E-state index is 9.23. The summed E-state index contributed by atoms with van der Waals surface area (Å²) >= 11 is 0. The van der Waals surface area contributed by atoms with Crippen molar-refractivity contribution in [3.63, 3.8) is 0 Å². The molecule has 27 heavy (non-hydrogen) atoms. The summed E-state index contributed by atoms with van der Waals surface area (Å²) in [5, 5.41) is 81.0. The van der Waals surface area contributed by atoms with Gasteiger partial charge in [-0.15, -0.1) is 0 Å². The minimum Gasteiger partial charge on any atom is -0.412 e. The Morgan fingerprint density at radius 1 is 0.556 bits per heavy atom. The summed E-state index contributed by atoms with van der Waals surface area (Å²) in [6, 6.07) is 0. The Morgan fingerprint density at radius 2 is 0.926 bits per heavy atom. The van der Waals surface area contributed by atoms with Crippen molar-refractivity contribution in [3.8, 4) is 0 Å². The number of rotatable bonds is 2. The van der Waals surface area contributed by atoms with Gasteiger partial charge < -0.3 is 71.9 Å². The molecule has 0 amide bonds. The van der Waals surface area contributed by atoms with E-state index in [2.05, 4.69) is 4.74 Å². The van der Waals surface area contributed by atoms with Gasteiger partial charge >= 0.3 is 0 Å². The second-order valence-electron chi connectivity index (χ2n) is 5.75. The van der Waals surface area contributed by atoms with Gasteiger partial charge in [-0.2, -0.15) is 0 Å². The molecule has 2 aliphatic heterocycles.